The molecule has 0 bridgehead atoms. The molecule has 0 atom stereocenters. The Kier molecular flexibility index (Phi) is 4.86. The molecule has 2 aromatic carbocycles. The van der Waals surface area contributed by atoms with Crippen LogP contribution < -0.4 is 16.0 Å². The summed E-state index contributed by atoms with van der Waals surface area (Å²) in [6.07, 6.45) is 0. The molecule has 0 N–H and O–H groups in total. The van der Waals surface area contributed by atoms with Gasteiger partial charge in [-0.2, -0.15) is 4.68 Å². The Morgan fingerprint density at radius 1 is 1.00 bits per heavy atom. The second kappa shape index (κ2) is 7.61. The second-order valence-corrected chi connectivity index (χ2v) is 6.80. The van der Waals surface area contributed by atoms with Crippen molar-refractivity contribution in [1.29, 1.82) is 0 Å². The summed E-state index contributed by atoms with van der Waals surface area (Å²) in [5, 5.41) is 6.71. The Bertz CT molecular complexity index is 1210. The van der Waals surface area contributed by atoms with Gasteiger partial charge in [-0.05, 0) is 12.1 Å². The maximum atomic E-state index is 12.9. The molecule has 0 radical (unpaired) electrons. The van der Waals surface area contributed by atoms with Gasteiger partial charge in [-0.15, -0.1) is 16.4 Å². The molecule has 0 aliphatic heterocycles. The molecule has 2 aromatic heterocycles. The topological polar surface area (TPSA) is 79.0 Å². The largest absolute Gasteiger partial charge is 0.476 e. The number of methoxy groups -OCH3 is 1. The zero-order valence-corrected chi connectivity index (χ0v) is 15.8. The van der Waals surface area contributed by atoms with Gasteiger partial charge in [0.15, 0.2) is 0 Å². The average molecular weight is 392 g/mol. The zero-order valence-electron chi connectivity index (χ0n) is 15.0. The maximum Gasteiger partial charge on any atom is 0.352 e. The van der Waals surface area contributed by atoms with Crippen LogP contribution in [0.3, 0.4) is 0 Å². The average Bonchev–Trinajstić information content (AvgIpc) is 3.21. The summed E-state index contributed by atoms with van der Waals surface area (Å²) in [6, 6.07) is 18.6. The lowest BCUT2D eigenvalue weighted by Crippen LogP contribution is -2.41. The van der Waals surface area contributed by atoms with E-state index in [4.69, 9.17) is 4.74 Å². The Labute approximate surface area is 164 Å². The van der Waals surface area contributed by atoms with E-state index < -0.39 is 11.2 Å². The number of hydrogen-bond acceptors (Lipinski definition) is 6. The molecule has 28 heavy (non-hydrogen) atoms. The molecule has 0 aliphatic rings. The molecule has 140 valence electrons. The van der Waals surface area contributed by atoms with Crippen LogP contribution in [0.25, 0.3) is 16.3 Å². The molecule has 0 saturated heterocycles. The lowest BCUT2D eigenvalue weighted by Gasteiger charge is -2.10. The normalized spacial score (nSPS) is 10.8. The highest BCUT2D eigenvalue weighted by atomic mass is 32.1. The van der Waals surface area contributed by atoms with Crippen molar-refractivity contribution in [2.24, 2.45) is 0 Å². The van der Waals surface area contributed by atoms with Crippen LogP contribution in [0.15, 0.2) is 75.6 Å². The first-order valence-electron chi connectivity index (χ1n) is 8.51. The van der Waals surface area contributed by atoms with E-state index in [0.29, 0.717) is 11.4 Å². The fourth-order valence-electron chi connectivity index (χ4n) is 2.75. The smallest absolute Gasteiger partial charge is 0.352 e. The summed E-state index contributed by atoms with van der Waals surface area (Å²) in [5.41, 5.74) is 1.01. The van der Waals surface area contributed by atoms with Crippen molar-refractivity contribution in [3.8, 4) is 22.1 Å². The van der Waals surface area contributed by atoms with Crippen LogP contribution in [0.5, 0.6) is 5.88 Å². The van der Waals surface area contributed by atoms with Crippen molar-refractivity contribution < 1.29 is 4.74 Å². The van der Waals surface area contributed by atoms with Crippen LogP contribution in [0.2, 0.25) is 0 Å². The summed E-state index contributed by atoms with van der Waals surface area (Å²) in [4.78, 5) is 30.1. The van der Waals surface area contributed by atoms with E-state index >= 15 is 0 Å². The molecular formula is C20H16N4O3S. The van der Waals surface area contributed by atoms with Crippen LogP contribution in [-0.2, 0) is 6.54 Å². The fourth-order valence-corrected chi connectivity index (χ4v) is 3.57. The van der Waals surface area contributed by atoms with E-state index in [-0.39, 0.29) is 12.4 Å². The van der Waals surface area contributed by atoms with Crippen molar-refractivity contribution in [1.82, 2.24) is 19.3 Å². The van der Waals surface area contributed by atoms with E-state index in [0.717, 1.165) is 19.8 Å². The van der Waals surface area contributed by atoms with Gasteiger partial charge in [-0.3, -0.25) is 4.79 Å². The van der Waals surface area contributed by atoms with Crippen LogP contribution in [0.1, 0.15) is 5.69 Å². The van der Waals surface area contributed by atoms with Gasteiger partial charge in [0.2, 0.25) is 0 Å². The molecule has 0 saturated carbocycles. The van der Waals surface area contributed by atoms with Gasteiger partial charge in [0.1, 0.15) is 5.01 Å². The van der Waals surface area contributed by atoms with Gasteiger partial charge in [0.05, 0.1) is 25.0 Å². The predicted molar refractivity (Wildman–Crippen MR) is 107 cm³/mol. The van der Waals surface area contributed by atoms with Crippen LogP contribution in [0.4, 0.5) is 0 Å². The van der Waals surface area contributed by atoms with E-state index in [1.165, 1.54) is 18.4 Å². The highest BCUT2D eigenvalue weighted by Gasteiger charge is 2.16. The first-order valence-corrected chi connectivity index (χ1v) is 9.39. The molecule has 0 fully saturated rings. The maximum absolute atomic E-state index is 12.9. The van der Waals surface area contributed by atoms with E-state index in [9.17, 15) is 9.59 Å². The molecule has 0 aliphatic carbocycles. The number of ether oxygens (including phenoxy) is 1. The number of thiazole rings is 1. The number of benzene rings is 2. The lowest BCUT2D eigenvalue weighted by atomic mass is 10.2. The monoisotopic (exact) mass is 392 g/mol. The molecular weight excluding hydrogens is 376 g/mol. The lowest BCUT2D eigenvalue weighted by molar-refractivity contribution is 0.367. The van der Waals surface area contributed by atoms with Crippen molar-refractivity contribution >= 4 is 11.3 Å². The fraction of sp³-hybridized carbons (Fsp3) is 0.100. The molecule has 0 amide bonds. The summed E-state index contributed by atoms with van der Waals surface area (Å²) >= 11 is 1.46. The van der Waals surface area contributed by atoms with Gasteiger partial charge >= 0.3 is 11.2 Å². The predicted octanol–water partition coefficient (Wildman–Crippen LogP) is 2.57. The third-order valence-electron chi connectivity index (χ3n) is 4.12. The van der Waals surface area contributed by atoms with E-state index in [2.05, 4.69) is 10.1 Å². The molecule has 0 spiro atoms. The number of hydrogen-bond donors (Lipinski definition) is 0. The van der Waals surface area contributed by atoms with Gasteiger partial charge in [-0.25, -0.2) is 14.3 Å². The molecule has 4 rings (SSSR count). The number of para-hydroxylation sites is 1. The minimum atomic E-state index is -0.589. The minimum absolute atomic E-state index is 0.0344. The molecule has 2 heterocycles. The summed E-state index contributed by atoms with van der Waals surface area (Å²) in [6.45, 7) is 0.0344. The van der Waals surface area contributed by atoms with E-state index in [1.54, 1.807) is 24.3 Å². The molecule has 7 nitrogen and oxygen atoms in total. The number of nitrogens with zero attached hydrogens (tertiary/aromatic N) is 4. The summed E-state index contributed by atoms with van der Waals surface area (Å²) < 4.78 is 7.34. The Balaban J connectivity index is 1.77. The molecule has 0 unspecified atom stereocenters. The second-order valence-electron chi connectivity index (χ2n) is 5.94. The first kappa shape index (κ1) is 17.9. The SMILES string of the molecule is COc1nn(-c2ccccc2)c(=O)n(Cc2csc(-c3ccccc3)n2)c1=O. The minimum Gasteiger partial charge on any atom is -0.476 e. The van der Waals surface area contributed by atoms with Gasteiger partial charge in [0.25, 0.3) is 5.88 Å². The summed E-state index contributed by atoms with van der Waals surface area (Å²) in [7, 11) is 1.35. The van der Waals surface area contributed by atoms with Crippen molar-refractivity contribution in [3.63, 3.8) is 0 Å². The Morgan fingerprint density at radius 2 is 1.68 bits per heavy atom. The van der Waals surface area contributed by atoms with E-state index in [1.807, 2.05) is 41.8 Å². The van der Waals surface area contributed by atoms with Gasteiger partial charge in [-0.1, -0.05) is 48.5 Å². The Hall–Kier alpha value is -3.52. The number of aromatic nitrogens is 4. The number of rotatable bonds is 5. The van der Waals surface area contributed by atoms with Crippen molar-refractivity contribution in [3.05, 3.63) is 92.6 Å². The highest BCUT2D eigenvalue weighted by Crippen LogP contribution is 2.23. The van der Waals surface area contributed by atoms with Gasteiger partial charge in [0, 0.05) is 10.9 Å². The molecule has 8 heteroatoms. The zero-order chi connectivity index (χ0) is 19.5. The van der Waals surface area contributed by atoms with Gasteiger partial charge < -0.3 is 4.74 Å². The summed E-state index contributed by atoms with van der Waals surface area (Å²) in [5.74, 6) is -0.151. The standard InChI is InChI=1S/C20H16N4O3S/c1-27-17-19(25)23(20(26)24(22-17)16-10-6-3-7-11-16)12-15-13-28-18(21-15)14-8-4-2-5-9-14/h2-11,13H,12H2,1H3. The van der Waals surface area contributed by atoms with Crippen LogP contribution in [0, 0.1) is 0 Å². The Morgan fingerprint density at radius 3 is 2.36 bits per heavy atom. The van der Waals surface area contributed by atoms with Crippen molar-refractivity contribution in [2.75, 3.05) is 7.11 Å². The van der Waals surface area contributed by atoms with Crippen molar-refractivity contribution in [2.45, 2.75) is 6.54 Å². The quantitative estimate of drug-likeness (QED) is 0.522. The third kappa shape index (κ3) is 3.37. The first-order chi connectivity index (χ1) is 13.7. The van der Waals surface area contributed by atoms with Crippen LogP contribution >= 0.6 is 11.3 Å². The molecule has 4 aromatic rings. The van der Waals surface area contributed by atoms with Crippen LogP contribution in [-0.4, -0.2) is 26.4 Å². The highest BCUT2D eigenvalue weighted by molar-refractivity contribution is 7.13. The third-order valence-corrected chi connectivity index (χ3v) is 5.06.